The van der Waals surface area contributed by atoms with Crippen LogP contribution in [0, 0.1) is 5.92 Å². The number of hydrogen-bond acceptors (Lipinski definition) is 2. The Bertz CT molecular complexity index is 763. The number of hydrogen-bond donors (Lipinski definition) is 1. The Morgan fingerprint density at radius 1 is 0.783 bits per heavy atom. The summed E-state index contributed by atoms with van der Waals surface area (Å²) in [4.78, 5) is 4.12. The second kappa shape index (κ2) is 6.66. The van der Waals surface area contributed by atoms with Crippen LogP contribution in [0.25, 0.3) is 11.1 Å². The molecule has 1 aromatic heterocycles. The number of phenols is 1. The predicted molar refractivity (Wildman–Crippen MR) is 94.5 cm³/mol. The smallest absolute Gasteiger partial charge is 0.116 e. The van der Waals surface area contributed by atoms with E-state index in [-0.39, 0.29) is 0 Å². The van der Waals surface area contributed by atoms with Gasteiger partial charge in [0.1, 0.15) is 5.75 Å². The minimum Gasteiger partial charge on any atom is -0.508 e. The SMILES string of the molecule is CC(C)C(c1ccncc1)c1ccc(-c2cccc(O)c2)cc1. The Kier molecular flexibility index (Phi) is 4.42. The van der Waals surface area contributed by atoms with Crippen molar-refractivity contribution < 1.29 is 5.11 Å². The summed E-state index contributed by atoms with van der Waals surface area (Å²) in [5.74, 6) is 1.16. The van der Waals surface area contributed by atoms with Crippen molar-refractivity contribution in [2.24, 2.45) is 5.92 Å². The van der Waals surface area contributed by atoms with Gasteiger partial charge in [-0.3, -0.25) is 4.98 Å². The van der Waals surface area contributed by atoms with Crippen LogP contribution in [0.4, 0.5) is 0 Å². The summed E-state index contributed by atoms with van der Waals surface area (Å²) in [5.41, 5.74) is 4.73. The fourth-order valence-electron chi connectivity index (χ4n) is 3.10. The Hall–Kier alpha value is -2.61. The van der Waals surface area contributed by atoms with Gasteiger partial charge in [0.15, 0.2) is 0 Å². The van der Waals surface area contributed by atoms with E-state index < -0.39 is 0 Å². The molecule has 0 bridgehead atoms. The van der Waals surface area contributed by atoms with E-state index in [0.29, 0.717) is 17.6 Å². The molecule has 1 atom stereocenters. The van der Waals surface area contributed by atoms with E-state index in [4.69, 9.17) is 0 Å². The molecule has 1 unspecified atom stereocenters. The van der Waals surface area contributed by atoms with E-state index in [1.165, 1.54) is 11.1 Å². The maximum atomic E-state index is 9.63. The van der Waals surface area contributed by atoms with Gasteiger partial charge in [0, 0.05) is 18.3 Å². The van der Waals surface area contributed by atoms with Crippen LogP contribution in [0.2, 0.25) is 0 Å². The highest BCUT2D eigenvalue weighted by atomic mass is 16.3. The molecule has 3 rings (SSSR count). The molecule has 0 aliphatic rings. The van der Waals surface area contributed by atoms with Crippen molar-refractivity contribution in [2.45, 2.75) is 19.8 Å². The van der Waals surface area contributed by atoms with Gasteiger partial charge in [-0.2, -0.15) is 0 Å². The van der Waals surface area contributed by atoms with Crippen molar-refractivity contribution in [3.63, 3.8) is 0 Å². The molecule has 1 heterocycles. The Morgan fingerprint density at radius 3 is 2.04 bits per heavy atom. The third-order valence-electron chi connectivity index (χ3n) is 4.18. The quantitative estimate of drug-likeness (QED) is 0.714. The largest absolute Gasteiger partial charge is 0.508 e. The molecule has 0 fully saturated rings. The summed E-state index contributed by atoms with van der Waals surface area (Å²) in [6, 6.07) is 20.2. The van der Waals surface area contributed by atoms with Gasteiger partial charge in [-0.25, -0.2) is 0 Å². The molecule has 3 aromatic rings. The van der Waals surface area contributed by atoms with Crippen LogP contribution in [0.15, 0.2) is 73.1 Å². The maximum absolute atomic E-state index is 9.63. The number of nitrogens with zero attached hydrogens (tertiary/aromatic N) is 1. The summed E-state index contributed by atoms with van der Waals surface area (Å²) in [6.45, 7) is 4.49. The molecule has 116 valence electrons. The molecule has 23 heavy (non-hydrogen) atoms. The minimum atomic E-state index is 0.295. The van der Waals surface area contributed by atoms with Gasteiger partial charge in [-0.15, -0.1) is 0 Å². The first-order chi connectivity index (χ1) is 11.1. The van der Waals surface area contributed by atoms with Gasteiger partial charge in [-0.1, -0.05) is 50.2 Å². The van der Waals surface area contributed by atoms with E-state index in [1.807, 2.05) is 24.5 Å². The van der Waals surface area contributed by atoms with Gasteiger partial charge < -0.3 is 5.11 Å². The molecule has 0 spiro atoms. The van der Waals surface area contributed by atoms with Crippen LogP contribution in [-0.2, 0) is 0 Å². The lowest BCUT2D eigenvalue weighted by molar-refractivity contribution is 0.475. The summed E-state index contributed by atoms with van der Waals surface area (Å²) in [6.07, 6.45) is 3.71. The highest BCUT2D eigenvalue weighted by molar-refractivity contribution is 5.65. The van der Waals surface area contributed by atoms with Gasteiger partial charge in [-0.05, 0) is 52.4 Å². The van der Waals surface area contributed by atoms with Gasteiger partial charge in [0.05, 0.1) is 0 Å². The van der Waals surface area contributed by atoms with Crippen molar-refractivity contribution in [3.05, 3.63) is 84.2 Å². The standard InChI is InChI=1S/C21H21NO/c1-15(2)21(18-10-12-22-13-11-18)17-8-6-16(7-9-17)19-4-3-5-20(23)14-19/h3-15,21,23H,1-2H3. The van der Waals surface area contributed by atoms with Crippen molar-refractivity contribution in [3.8, 4) is 16.9 Å². The van der Waals surface area contributed by atoms with Crippen LogP contribution in [-0.4, -0.2) is 10.1 Å². The second-order valence-corrected chi connectivity index (χ2v) is 6.17. The molecule has 2 heteroatoms. The molecular formula is C21H21NO. The normalized spacial score (nSPS) is 12.3. The Labute approximate surface area is 137 Å². The van der Waals surface area contributed by atoms with Crippen LogP contribution in [0.1, 0.15) is 30.9 Å². The zero-order valence-corrected chi connectivity index (χ0v) is 13.5. The molecule has 2 nitrogen and oxygen atoms in total. The fraction of sp³-hybridized carbons (Fsp3) is 0.190. The Morgan fingerprint density at radius 2 is 1.43 bits per heavy atom. The number of benzene rings is 2. The van der Waals surface area contributed by atoms with E-state index in [0.717, 1.165) is 11.1 Å². The molecule has 0 aliphatic heterocycles. The summed E-state index contributed by atoms with van der Waals surface area (Å²) < 4.78 is 0. The first kappa shape index (κ1) is 15.3. The average molecular weight is 303 g/mol. The average Bonchev–Trinajstić information content (AvgIpc) is 2.56. The summed E-state index contributed by atoms with van der Waals surface area (Å²) in [5, 5.41) is 9.63. The number of aromatic hydroxyl groups is 1. The van der Waals surface area contributed by atoms with Crippen molar-refractivity contribution in [1.82, 2.24) is 4.98 Å². The lowest BCUT2D eigenvalue weighted by Crippen LogP contribution is -2.08. The van der Waals surface area contributed by atoms with Crippen molar-refractivity contribution in [2.75, 3.05) is 0 Å². The molecule has 1 N–H and O–H groups in total. The van der Waals surface area contributed by atoms with Crippen molar-refractivity contribution in [1.29, 1.82) is 0 Å². The Balaban J connectivity index is 1.94. The molecule has 0 radical (unpaired) electrons. The summed E-state index contributed by atoms with van der Waals surface area (Å²) in [7, 11) is 0. The van der Waals surface area contributed by atoms with Gasteiger partial charge in [0.2, 0.25) is 0 Å². The topological polar surface area (TPSA) is 33.1 Å². The number of pyridine rings is 1. The van der Waals surface area contributed by atoms with Crippen LogP contribution in [0.3, 0.4) is 0 Å². The third kappa shape index (κ3) is 3.42. The second-order valence-electron chi connectivity index (χ2n) is 6.17. The molecule has 0 amide bonds. The zero-order chi connectivity index (χ0) is 16.2. The van der Waals surface area contributed by atoms with Crippen LogP contribution in [0.5, 0.6) is 5.75 Å². The molecular weight excluding hydrogens is 282 g/mol. The lowest BCUT2D eigenvalue weighted by Gasteiger charge is -2.22. The maximum Gasteiger partial charge on any atom is 0.116 e. The summed E-state index contributed by atoms with van der Waals surface area (Å²) >= 11 is 0. The van der Waals surface area contributed by atoms with Gasteiger partial charge >= 0.3 is 0 Å². The number of phenolic OH excluding ortho intramolecular Hbond substituents is 1. The van der Waals surface area contributed by atoms with Gasteiger partial charge in [0.25, 0.3) is 0 Å². The number of aromatic nitrogens is 1. The molecule has 0 saturated heterocycles. The molecule has 0 saturated carbocycles. The van der Waals surface area contributed by atoms with E-state index in [2.05, 4.69) is 55.2 Å². The van der Waals surface area contributed by atoms with E-state index in [1.54, 1.807) is 12.1 Å². The van der Waals surface area contributed by atoms with Crippen LogP contribution >= 0.6 is 0 Å². The predicted octanol–water partition coefficient (Wildman–Crippen LogP) is 5.24. The van der Waals surface area contributed by atoms with Crippen molar-refractivity contribution >= 4 is 0 Å². The van der Waals surface area contributed by atoms with E-state index in [9.17, 15) is 5.11 Å². The lowest BCUT2D eigenvalue weighted by atomic mass is 9.82. The highest BCUT2D eigenvalue weighted by Crippen LogP contribution is 2.33. The number of rotatable bonds is 4. The fourth-order valence-corrected chi connectivity index (χ4v) is 3.10. The first-order valence-corrected chi connectivity index (χ1v) is 7.94. The molecule has 2 aromatic carbocycles. The zero-order valence-electron chi connectivity index (χ0n) is 13.5. The monoisotopic (exact) mass is 303 g/mol. The highest BCUT2D eigenvalue weighted by Gasteiger charge is 2.18. The first-order valence-electron chi connectivity index (χ1n) is 7.94. The third-order valence-corrected chi connectivity index (χ3v) is 4.18. The van der Waals surface area contributed by atoms with Crippen LogP contribution < -0.4 is 0 Å². The molecule has 0 aliphatic carbocycles. The minimum absolute atomic E-state index is 0.295. The van der Waals surface area contributed by atoms with E-state index >= 15 is 0 Å².